The van der Waals surface area contributed by atoms with Gasteiger partial charge in [-0.3, -0.25) is 4.79 Å². The van der Waals surface area contributed by atoms with E-state index in [2.05, 4.69) is 42.4 Å². The minimum atomic E-state index is -3.85. The molecule has 0 aromatic heterocycles. The van der Waals surface area contributed by atoms with Crippen molar-refractivity contribution in [3.05, 3.63) is 85.8 Å². The highest BCUT2D eigenvalue weighted by molar-refractivity contribution is 9.10. The molecule has 1 fully saturated rings. The smallest absolute Gasteiger partial charge is 0.258 e. The largest absolute Gasteiger partial charge is 0.493 e. The number of hydrazone groups is 1. The third-order valence-electron chi connectivity index (χ3n) is 5.86. The second-order valence-electron chi connectivity index (χ2n) is 8.41. The Labute approximate surface area is 243 Å². The first kappa shape index (κ1) is 28.6. The number of methoxy groups -OCH3 is 1. The monoisotopic (exact) mass is 683 g/mol. The number of halogens is 3. The molecule has 1 aliphatic rings. The van der Waals surface area contributed by atoms with E-state index >= 15 is 0 Å². The second kappa shape index (κ2) is 12.6. The predicted octanol–water partition coefficient (Wildman–Crippen LogP) is 5.76. The molecular formula is C26H24Br2ClN3O5S. The van der Waals surface area contributed by atoms with Gasteiger partial charge in [-0.15, -0.1) is 0 Å². The zero-order valence-corrected chi connectivity index (χ0v) is 25.0. The van der Waals surface area contributed by atoms with Gasteiger partial charge in [0.05, 0.1) is 22.7 Å². The Balaban J connectivity index is 1.42. The first-order valence-corrected chi connectivity index (χ1v) is 14.9. The van der Waals surface area contributed by atoms with Crippen LogP contribution in [0.3, 0.4) is 0 Å². The summed E-state index contributed by atoms with van der Waals surface area (Å²) in [6.45, 7) is 0.598. The van der Waals surface area contributed by atoms with Gasteiger partial charge in [-0.1, -0.05) is 39.7 Å². The maximum absolute atomic E-state index is 13.1. The van der Waals surface area contributed by atoms with Crippen LogP contribution >= 0.6 is 43.5 Å². The van der Waals surface area contributed by atoms with Gasteiger partial charge in [0, 0.05) is 16.0 Å². The number of hydrogen-bond acceptors (Lipinski definition) is 6. The number of hydrogen-bond donors (Lipinski definition) is 1. The van der Waals surface area contributed by atoms with Gasteiger partial charge in [0.25, 0.3) is 5.91 Å². The van der Waals surface area contributed by atoms with Crippen LogP contribution < -0.4 is 14.9 Å². The number of benzene rings is 3. The fourth-order valence-electron chi connectivity index (χ4n) is 3.97. The van der Waals surface area contributed by atoms with Gasteiger partial charge in [-0.25, -0.2) is 13.8 Å². The number of rotatable bonds is 9. The average Bonchev–Trinajstić information content (AvgIpc) is 3.40. The van der Waals surface area contributed by atoms with Crippen LogP contribution in [0.2, 0.25) is 5.02 Å². The van der Waals surface area contributed by atoms with Crippen LogP contribution in [0.5, 0.6) is 11.5 Å². The van der Waals surface area contributed by atoms with Crippen LogP contribution in [0.4, 0.5) is 0 Å². The molecule has 3 aromatic carbocycles. The molecular weight excluding hydrogens is 662 g/mol. The first-order valence-electron chi connectivity index (χ1n) is 11.5. The zero-order valence-electron chi connectivity index (χ0n) is 20.2. The van der Waals surface area contributed by atoms with Gasteiger partial charge in [0.15, 0.2) is 11.5 Å². The molecule has 3 aromatic rings. The number of ether oxygens (including phenoxy) is 2. The molecule has 0 unspecified atom stereocenters. The topological polar surface area (TPSA) is 97.3 Å². The molecule has 1 atom stereocenters. The summed E-state index contributed by atoms with van der Waals surface area (Å²) in [7, 11) is -2.32. The number of amides is 1. The van der Waals surface area contributed by atoms with E-state index in [9.17, 15) is 13.2 Å². The average molecular weight is 686 g/mol. The molecule has 1 heterocycles. The minimum Gasteiger partial charge on any atom is -0.493 e. The highest BCUT2D eigenvalue weighted by Crippen LogP contribution is 2.37. The summed E-state index contributed by atoms with van der Waals surface area (Å²) in [5.74, 6) is 0.516. The minimum absolute atomic E-state index is 0.0875. The molecule has 1 amide bonds. The number of carbonyl (C=O) groups is 1. The molecule has 0 aliphatic carbocycles. The molecule has 1 aliphatic heterocycles. The van der Waals surface area contributed by atoms with Crippen molar-refractivity contribution in [1.29, 1.82) is 0 Å². The van der Waals surface area contributed by atoms with E-state index in [1.165, 1.54) is 41.9 Å². The van der Waals surface area contributed by atoms with E-state index in [1.54, 1.807) is 12.1 Å². The summed E-state index contributed by atoms with van der Waals surface area (Å²) in [5.41, 5.74) is 4.11. The summed E-state index contributed by atoms with van der Waals surface area (Å²) in [4.78, 5) is 12.9. The van der Waals surface area contributed by atoms with Crippen LogP contribution in [0.25, 0.3) is 0 Å². The fourth-order valence-corrected chi connectivity index (χ4v) is 6.59. The van der Waals surface area contributed by atoms with E-state index in [4.69, 9.17) is 21.1 Å². The fraction of sp³-hybridized carbons (Fsp3) is 0.231. The lowest BCUT2D eigenvalue weighted by molar-refractivity contribution is -0.124. The summed E-state index contributed by atoms with van der Waals surface area (Å²) in [6, 6.07) is 16.3. The van der Waals surface area contributed by atoms with Gasteiger partial charge in [0.1, 0.15) is 12.6 Å². The highest BCUT2D eigenvalue weighted by Gasteiger charge is 2.39. The van der Waals surface area contributed by atoms with Gasteiger partial charge in [-0.05, 0) is 88.4 Å². The van der Waals surface area contributed by atoms with Crippen molar-refractivity contribution in [1.82, 2.24) is 9.73 Å². The Kier molecular flexibility index (Phi) is 9.48. The Bertz CT molecular complexity index is 1430. The van der Waals surface area contributed by atoms with Crippen molar-refractivity contribution in [3.8, 4) is 11.5 Å². The molecule has 12 heteroatoms. The lowest BCUT2D eigenvalue weighted by atomic mass is 10.2. The van der Waals surface area contributed by atoms with Crippen LogP contribution in [0.1, 0.15) is 24.0 Å². The number of carbonyl (C=O) groups excluding carboxylic acids is 1. The molecule has 0 bridgehead atoms. The van der Waals surface area contributed by atoms with Crippen molar-refractivity contribution in [2.75, 3.05) is 13.7 Å². The number of nitrogens with one attached hydrogen (secondary N) is 1. The summed E-state index contributed by atoms with van der Waals surface area (Å²) in [6.07, 6.45) is 2.43. The predicted molar refractivity (Wildman–Crippen MR) is 153 cm³/mol. The normalized spacial score (nSPS) is 16.1. The van der Waals surface area contributed by atoms with Crippen molar-refractivity contribution < 1.29 is 22.7 Å². The quantitative estimate of drug-likeness (QED) is 0.229. The molecule has 0 radical (unpaired) electrons. The van der Waals surface area contributed by atoms with Crippen LogP contribution in [0.15, 0.2) is 79.6 Å². The maximum atomic E-state index is 13.1. The van der Waals surface area contributed by atoms with E-state index in [-0.39, 0.29) is 11.4 Å². The van der Waals surface area contributed by atoms with Gasteiger partial charge >= 0.3 is 0 Å². The SMILES string of the molecule is COc1cc(/C=N\NC(=O)[C@@H]2CCCN2S(=O)(=O)c2ccc(Cl)cc2)cc(Br)c1OCc1ccc(Br)cc1. The van der Waals surface area contributed by atoms with Crippen LogP contribution in [-0.2, 0) is 21.4 Å². The van der Waals surface area contributed by atoms with Crippen molar-refractivity contribution >= 4 is 65.6 Å². The van der Waals surface area contributed by atoms with E-state index < -0.39 is 22.0 Å². The zero-order chi connectivity index (χ0) is 27.3. The standard InChI is InChI=1S/C26H24Br2ClN3O5S/c1-36-24-14-18(13-22(28)25(24)37-16-17-4-6-19(27)7-5-17)15-30-31-26(33)23-3-2-12-32(23)38(34,35)21-10-8-20(29)9-11-21/h4-11,13-15,23H,2-3,12,16H2,1H3,(H,31,33)/b30-15-/t23-/m0/s1. The van der Waals surface area contributed by atoms with Gasteiger partial charge in [0.2, 0.25) is 10.0 Å². The van der Waals surface area contributed by atoms with Crippen LogP contribution in [0, 0.1) is 0 Å². The van der Waals surface area contributed by atoms with Gasteiger partial charge < -0.3 is 9.47 Å². The lowest BCUT2D eigenvalue weighted by Crippen LogP contribution is -2.44. The third-order valence-corrected chi connectivity index (χ3v) is 9.16. The molecule has 0 spiro atoms. The molecule has 8 nitrogen and oxygen atoms in total. The third kappa shape index (κ3) is 6.76. The van der Waals surface area contributed by atoms with Crippen molar-refractivity contribution in [2.45, 2.75) is 30.4 Å². The molecule has 1 saturated heterocycles. The van der Waals surface area contributed by atoms with E-state index in [0.29, 0.717) is 46.0 Å². The number of nitrogens with zero attached hydrogens (tertiary/aromatic N) is 2. The molecule has 4 rings (SSSR count). The van der Waals surface area contributed by atoms with Gasteiger partial charge in [-0.2, -0.15) is 9.41 Å². The molecule has 200 valence electrons. The van der Waals surface area contributed by atoms with Crippen molar-refractivity contribution in [3.63, 3.8) is 0 Å². The lowest BCUT2D eigenvalue weighted by Gasteiger charge is -2.22. The second-order valence-corrected chi connectivity index (χ2v) is 12.5. The summed E-state index contributed by atoms with van der Waals surface area (Å²) >= 11 is 12.8. The number of sulfonamides is 1. The highest BCUT2D eigenvalue weighted by atomic mass is 79.9. The molecule has 38 heavy (non-hydrogen) atoms. The summed E-state index contributed by atoms with van der Waals surface area (Å²) < 4.78 is 40.5. The Hall–Kier alpha value is -2.44. The maximum Gasteiger partial charge on any atom is 0.258 e. The first-order chi connectivity index (χ1) is 18.2. The Morgan fingerprint density at radius 1 is 1.16 bits per heavy atom. The molecule has 1 N–H and O–H groups in total. The van der Waals surface area contributed by atoms with Crippen LogP contribution in [-0.4, -0.2) is 44.5 Å². The molecule has 0 saturated carbocycles. The van der Waals surface area contributed by atoms with E-state index in [1.807, 2.05) is 24.3 Å². The summed E-state index contributed by atoms with van der Waals surface area (Å²) in [5, 5.41) is 4.48. The Morgan fingerprint density at radius 3 is 2.55 bits per heavy atom. The Morgan fingerprint density at radius 2 is 1.87 bits per heavy atom. The van der Waals surface area contributed by atoms with E-state index in [0.717, 1.165) is 10.0 Å². The van der Waals surface area contributed by atoms with Crippen molar-refractivity contribution in [2.24, 2.45) is 5.10 Å².